The minimum atomic E-state index is -3.96. The fourth-order valence-electron chi connectivity index (χ4n) is 2.96. The SMILES string of the molecule is O=C1CN(c2cc3cc(CCCCCO)ccc3cc2O)S(=O)(=O)N1. The number of rotatable bonds is 6. The van der Waals surface area contributed by atoms with Gasteiger partial charge in [0, 0.05) is 6.61 Å². The molecule has 0 saturated carbocycles. The number of unbranched alkanes of at least 4 members (excludes halogenated alkanes) is 2. The molecule has 0 atom stereocenters. The second-order valence-electron chi connectivity index (χ2n) is 6.09. The number of hydrogen-bond acceptors (Lipinski definition) is 5. The van der Waals surface area contributed by atoms with E-state index in [1.807, 2.05) is 22.9 Å². The Morgan fingerprint density at radius 3 is 2.56 bits per heavy atom. The Hall–Kier alpha value is -2.32. The van der Waals surface area contributed by atoms with Crippen LogP contribution in [-0.2, 0) is 21.4 Å². The first kappa shape index (κ1) is 17.5. The van der Waals surface area contributed by atoms with Gasteiger partial charge in [0.25, 0.3) is 5.91 Å². The number of carbonyl (C=O) groups is 1. The molecule has 0 unspecified atom stereocenters. The monoisotopic (exact) mass is 364 g/mol. The molecule has 134 valence electrons. The van der Waals surface area contributed by atoms with E-state index in [-0.39, 0.29) is 24.6 Å². The molecule has 1 heterocycles. The molecule has 2 aromatic carbocycles. The largest absolute Gasteiger partial charge is 0.506 e. The van der Waals surface area contributed by atoms with Crippen LogP contribution in [0.15, 0.2) is 30.3 Å². The minimum absolute atomic E-state index is 0.0864. The maximum atomic E-state index is 12.0. The lowest BCUT2D eigenvalue weighted by Gasteiger charge is -2.17. The highest BCUT2D eigenvalue weighted by Gasteiger charge is 2.35. The predicted molar refractivity (Wildman–Crippen MR) is 94.7 cm³/mol. The van der Waals surface area contributed by atoms with Crippen LogP contribution in [-0.4, -0.2) is 37.7 Å². The third-order valence-electron chi connectivity index (χ3n) is 4.21. The van der Waals surface area contributed by atoms with Crippen LogP contribution in [0.5, 0.6) is 5.75 Å². The number of aryl methyl sites for hydroxylation is 1. The van der Waals surface area contributed by atoms with Gasteiger partial charge in [-0.1, -0.05) is 24.6 Å². The van der Waals surface area contributed by atoms with Crippen molar-refractivity contribution in [3.63, 3.8) is 0 Å². The number of carbonyl (C=O) groups excluding carboxylic acids is 1. The second-order valence-corrected chi connectivity index (χ2v) is 7.69. The van der Waals surface area contributed by atoms with Crippen molar-refractivity contribution in [3.8, 4) is 5.75 Å². The van der Waals surface area contributed by atoms with Gasteiger partial charge in [0.05, 0.1) is 5.69 Å². The summed E-state index contributed by atoms with van der Waals surface area (Å²) in [5, 5.41) is 20.6. The van der Waals surface area contributed by atoms with Crippen LogP contribution in [0, 0.1) is 0 Å². The maximum absolute atomic E-state index is 12.0. The Kier molecular flexibility index (Phi) is 4.82. The summed E-state index contributed by atoms with van der Waals surface area (Å²) in [5.74, 6) is -0.819. The molecule has 0 aromatic heterocycles. The minimum Gasteiger partial charge on any atom is -0.506 e. The van der Waals surface area contributed by atoms with Crippen molar-refractivity contribution in [3.05, 3.63) is 35.9 Å². The molecule has 3 rings (SSSR count). The number of aromatic hydroxyl groups is 1. The van der Waals surface area contributed by atoms with E-state index in [0.717, 1.165) is 46.3 Å². The molecule has 1 fully saturated rings. The average molecular weight is 364 g/mol. The van der Waals surface area contributed by atoms with Crippen LogP contribution < -0.4 is 9.03 Å². The molecule has 2 aromatic rings. The number of fused-ring (bicyclic) bond motifs is 1. The van der Waals surface area contributed by atoms with Crippen molar-refractivity contribution in [2.75, 3.05) is 17.5 Å². The molecular formula is C17H20N2O5S. The Morgan fingerprint density at radius 1 is 1.08 bits per heavy atom. The summed E-state index contributed by atoms with van der Waals surface area (Å²) in [6.45, 7) is -0.153. The van der Waals surface area contributed by atoms with E-state index in [1.165, 1.54) is 6.07 Å². The van der Waals surface area contributed by atoms with Crippen molar-refractivity contribution in [2.45, 2.75) is 25.7 Å². The van der Waals surface area contributed by atoms with Gasteiger partial charge in [-0.15, -0.1) is 0 Å². The van der Waals surface area contributed by atoms with Gasteiger partial charge < -0.3 is 10.2 Å². The van der Waals surface area contributed by atoms with Gasteiger partial charge in [-0.3, -0.25) is 4.79 Å². The van der Waals surface area contributed by atoms with E-state index in [0.29, 0.717) is 0 Å². The van der Waals surface area contributed by atoms with Crippen molar-refractivity contribution in [2.24, 2.45) is 0 Å². The van der Waals surface area contributed by atoms with Gasteiger partial charge in [0.1, 0.15) is 12.3 Å². The van der Waals surface area contributed by atoms with E-state index in [9.17, 15) is 18.3 Å². The molecule has 1 amide bonds. The van der Waals surface area contributed by atoms with Gasteiger partial charge in [-0.2, -0.15) is 8.42 Å². The van der Waals surface area contributed by atoms with Gasteiger partial charge >= 0.3 is 10.2 Å². The Morgan fingerprint density at radius 2 is 1.88 bits per heavy atom. The van der Waals surface area contributed by atoms with Crippen LogP contribution in [0.3, 0.4) is 0 Å². The Balaban J connectivity index is 1.92. The quantitative estimate of drug-likeness (QED) is 0.672. The number of hydrogen-bond donors (Lipinski definition) is 3. The summed E-state index contributed by atoms with van der Waals surface area (Å²) in [6, 6.07) is 8.88. The zero-order chi connectivity index (χ0) is 18.0. The molecule has 0 bridgehead atoms. The lowest BCUT2D eigenvalue weighted by Crippen LogP contribution is -2.29. The summed E-state index contributed by atoms with van der Waals surface area (Å²) in [4.78, 5) is 11.4. The fourth-order valence-corrected chi connectivity index (χ4v) is 4.11. The van der Waals surface area contributed by atoms with Crippen molar-refractivity contribution in [1.29, 1.82) is 0 Å². The van der Waals surface area contributed by atoms with Gasteiger partial charge in [-0.25, -0.2) is 9.03 Å². The summed E-state index contributed by atoms with van der Waals surface area (Å²) in [6.07, 6.45) is 3.53. The summed E-state index contributed by atoms with van der Waals surface area (Å²) < 4.78 is 26.8. The lowest BCUT2D eigenvalue weighted by molar-refractivity contribution is -0.117. The molecular weight excluding hydrogens is 344 g/mol. The normalized spacial score (nSPS) is 16.4. The van der Waals surface area contributed by atoms with Crippen LogP contribution in [0.1, 0.15) is 24.8 Å². The van der Waals surface area contributed by atoms with Crippen molar-refractivity contribution in [1.82, 2.24) is 4.72 Å². The number of nitrogens with zero attached hydrogens (tertiary/aromatic N) is 1. The molecule has 1 aliphatic rings. The van der Waals surface area contributed by atoms with Crippen LogP contribution in [0.2, 0.25) is 0 Å². The van der Waals surface area contributed by atoms with Gasteiger partial charge in [0.15, 0.2) is 0 Å². The Bertz CT molecular complexity index is 911. The third kappa shape index (κ3) is 3.69. The molecule has 0 aliphatic carbocycles. The molecule has 3 N–H and O–H groups in total. The number of aliphatic hydroxyl groups is 1. The number of phenols is 1. The third-order valence-corrected chi connectivity index (χ3v) is 5.60. The average Bonchev–Trinajstić information content (AvgIpc) is 2.83. The first-order chi connectivity index (χ1) is 11.9. The topological polar surface area (TPSA) is 107 Å². The summed E-state index contributed by atoms with van der Waals surface area (Å²) in [7, 11) is -3.96. The first-order valence-electron chi connectivity index (χ1n) is 8.10. The number of phenolic OH excluding ortho intramolecular Hbond substituents is 1. The first-order valence-corrected chi connectivity index (χ1v) is 9.54. The lowest BCUT2D eigenvalue weighted by atomic mass is 10.0. The van der Waals surface area contributed by atoms with E-state index in [1.54, 1.807) is 6.07 Å². The molecule has 0 radical (unpaired) electrons. The molecule has 25 heavy (non-hydrogen) atoms. The zero-order valence-corrected chi connectivity index (χ0v) is 14.4. The van der Waals surface area contributed by atoms with E-state index >= 15 is 0 Å². The smallest absolute Gasteiger partial charge is 0.326 e. The summed E-state index contributed by atoms with van der Waals surface area (Å²) in [5.41, 5.74) is 1.18. The standard InChI is InChI=1S/C17H20N2O5S/c20-7-3-1-2-4-12-5-6-13-10-16(21)15(9-14(13)8-12)19-11-17(22)18-25(19,23)24/h5-6,8-10,20-21H,1-4,7,11H2,(H,18,22). The van der Waals surface area contributed by atoms with Crippen molar-refractivity contribution < 1.29 is 23.4 Å². The Labute approximate surface area is 146 Å². The van der Waals surface area contributed by atoms with E-state index < -0.39 is 16.1 Å². The highest BCUT2D eigenvalue weighted by atomic mass is 32.2. The van der Waals surface area contributed by atoms with Gasteiger partial charge in [-0.05, 0) is 47.7 Å². The van der Waals surface area contributed by atoms with Crippen LogP contribution in [0.25, 0.3) is 10.8 Å². The molecule has 8 heteroatoms. The zero-order valence-electron chi connectivity index (χ0n) is 13.6. The molecule has 7 nitrogen and oxygen atoms in total. The second kappa shape index (κ2) is 6.89. The van der Waals surface area contributed by atoms with E-state index in [2.05, 4.69) is 0 Å². The number of amides is 1. The number of aliphatic hydroxyl groups excluding tert-OH is 1. The maximum Gasteiger partial charge on any atom is 0.326 e. The van der Waals surface area contributed by atoms with Gasteiger partial charge in [0.2, 0.25) is 0 Å². The number of benzene rings is 2. The highest BCUT2D eigenvalue weighted by Crippen LogP contribution is 2.35. The molecule has 1 saturated heterocycles. The highest BCUT2D eigenvalue weighted by molar-refractivity contribution is 7.92. The van der Waals surface area contributed by atoms with E-state index in [4.69, 9.17) is 5.11 Å². The van der Waals surface area contributed by atoms with Crippen molar-refractivity contribution >= 4 is 32.6 Å². The fraction of sp³-hybridized carbons (Fsp3) is 0.353. The number of anilines is 1. The van der Waals surface area contributed by atoms with Crippen LogP contribution >= 0.6 is 0 Å². The van der Waals surface area contributed by atoms with Crippen LogP contribution in [0.4, 0.5) is 5.69 Å². The molecule has 0 spiro atoms. The molecule has 1 aliphatic heterocycles. The number of nitrogens with one attached hydrogen (secondary N) is 1. The predicted octanol–water partition coefficient (Wildman–Crippen LogP) is 1.43. The summed E-state index contributed by atoms with van der Waals surface area (Å²) >= 11 is 0.